The highest BCUT2D eigenvalue weighted by atomic mass is 16.5. The van der Waals surface area contributed by atoms with Crippen LogP contribution < -0.4 is 4.74 Å². The molecule has 2 rings (SSSR count). The molecule has 0 aliphatic rings. The maximum atomic E-state index is 10.4. The van der Waals surface area contributed by atoms with E-state index in [9.17, 15) is 4.79 Å². The van der Waals surface area contributed by atoms with Crippen LogP contribution >= 0.6 is 0 Å². The van der Waals surface area contributed by atoms with Gasteiger partial charge >= 0.3 is 0 Å². The lowest BCUT2D eigenvalue weighted by Gasteiger charge is -2.06. The van der Waals surface area contributed by atoms with Crippen LogP contribution in [-0.2, 0) is 4.79 Å². The number of carbonyl (C=O) groups excluding carboxylic acids is 1. The zero-order valence-electron chi connectivity index (χ0n) is 10.0. The van der Waals surface area contributed by atoms with E-state index in [1.54, 1.807) is 25.4 Å². The molecule has 0 N–H and O–H groups in total. The van der Waals surface area contributed by atoms with Crippen molar-refractivity contribution in [1.29, 1.82) is 0 Å². The van der Waals surface area contributed by atoms with Crippen LogP contribution in [0.2, 0.25) is 0 Å². The fourth-order valence-electron chi connectivity index (χ4n) is 1.59. The van der Waals surface area contributed by atoms with E-state index in [1.165, 1.54) is 6.08 Å². The molecule has 0 unspecified atom stereocenters. The number of aliphatic imine (C=N–C) groups is 1. The van der Waals surface area contributed by atoms with Crippen LogP contribution in [0.3, 0.4) is 0 Å². The number of aryl methyl sites for hydroxylation is 1. The molecule has 2 aromatic rings. The van der Waals surface area contributed by atoms with Gasteiger partial charge in [-0.2, -0.15) is 0 Å². The number of methoxy groups -OCH3 is 1. The Morgan fingerprint density at radius 1 is 1.33 bits per heavy atom. The molecule has 0 amide bonds. The van der Waals surface area contributed by atoms with Crippen LogP contribution in [0.25, 0.3) is 11.1 Å². The summed E-state index contributed by atoms with van der Waals surface area (Å²) >= 11 is 0. The Morgan fingerprint density at radius 3 is 2.89 bits per heavy atom. The Morgan fingerprint density at radius 2 is 2.17 bits per heavy atom. The highest BCUT2D eigenvalue weighted by molar-refractivity contribution is 5.75. The van der Waals surface area contributed by atoms with Crippen molar-refractivity contribution in [2.24, 2.45) is 4.99 Å². The molecule has 5 heteroatoms. The van der Waals surface area contributed by atoms with Gasteiger partial charge in [-0.3, -0.25) is 0 Å². The van der Waals surface area contributed by atoms with Gasteiger partial charge in [0.1, 0.15) is 0 Å². The number of hydrogen-bond donors (Lipinski definition) is 0. The molecule has 0 saturated carbocycles. The number of nitrogens with zero attached hydrogens (tertiary/aromatic N) is 3. The second kappa shape index (κ2) is 5.21. The number of rotatable bonds is 3. The van der Waals surface area contributed by atoms with Crippen molar-refractivity contribution < 1.29 is 9.53 Å². The minimum Gasteiger partial charge on any atom is -0.481 e. The summed E-state index contributed by atoms with van der Waals surface area (Å²) in [5.41, 5.74) is 2.36. The van der Waals surface area contributed by atoms with Gasteiger partial charge in [-0.05, 0) is 30.7 Å². The first kappa shape index (κ1) is 12.0. The quantitative estimate of drug-likeness (QED) is 0.611. The maximum absolute atomic E-state index is 10.4. The van der Waals surface area contributed by atoms with Crippen molar-refractivity contribution in [2.75, 3.05) is 7.11 Å². The van der Waals surface area contributed by atoms with Gasteiger partial charge in [0.05, 0.1) is 7.11 Å². The lowest BCUT2D eigenvalue weighted by atomic mass is 10.1. The molecule has 0 radical (unpaired) electrons. The standard InChI is InChI=1S/C13H11N3O2/c1-9-3-4-11(13(16-9)15-8-17)10-5-6-14-12(7-10)18-2/h3-7H,1-2H3. The third-order valence-electron chi connectivity index (χ3n) is 2.42. The third kappa shape index (κ3) is 2.42. The summed E-state index contributed by atoms with van der Waals surface area (Å²) in [5.74, 6) is 0.840. The summed E-state index contributed by atoms with van der Waals surface area (Å²) in [6.07, 6.45) is 3.14. The summed E-state index contributed by atoms with van der Waals surface area (Å²) in [6.45, 7) is 1.83. The molecule has 0 fully saturated rings. The summed E-state index contributed by atoms with van der Waals surface area (Å²) in [4.78, 5) is 22.3. The Labute approximate surface area is 104 Å². The lowest BCUT2D eigenvalue weighted by molar-refractivity contribution is 0.398. The SMILES string of the molecule is COc1cc(-c2ccc(C)nc2N=C=O)ccn1. The Balaban J connectivity index is 2.58. The summed E-state index contributed by atoms with van der Waals surface area (Å²) in [6, 6.07) is 7.27. The molecular formula is C13H11N3O2. The van der Waals surface area contributed by atoms with E-state index < -0.39 is 0 Å². The topological polar surface area (TPSA) is 64.4 Å². The molecule has 2 aromatic heterocycles. The molecule has 5 nitrogen and oxygen atoms in total. The van der Waals surface area contributed by atoms with E-state index in [1.807, 2.05) is 19.1 Å². The van der Waals surface area contributed by atoms with E-state index in [0.717, 1.165) is 16.8 Å². The predicted octanol–water partition coefficient (Wildman–Crippen LogP) is 2.43. The normalized spacial score (nSPS) is 9.67. The van der Waals surface area contributed by atoms with Crippen molar-refractivity contribution in [3.8, 4) is 17.0 Å². The molecule has 0 aliphatic heterocycles. The molecule has 0 spiro atoms. The minimum atomic E-state index is 0.346. The van der Waals surface area contributed by atoms with Gasteiger partial charge in [0.25, 0.3) is 0 Å². The number of hydrogen-bond acceptors (Lipinski definition) is 5. The van der Waals surface area contributed by atoms with Gasteiger partial charge in [-0.1, -0.05) is 0 Å². The summed E-state index contributed by atoms with van der Waals surface area (Å²) < 4.78 is 5.06. The van der Waals surface area contributed by atoms with Crippen LogP contribution in [0, 0.1) is 6.92 Å². The van der Waals surface area contributed by atoms with Gasteiger partial charge in [-0.25, -0.2) is 14.8 Å². The largest absolute Gasteiger partial charge is 0.481 e. The van der Waals surface area contributed by atoms with Crippen LogP contribution in [0.15, 0.2) is 35.5 Å². The van der Waals surface area contributed by atoms with Crippen molar-refractivity contribution >= 4 is 11.9 Å². The number of isocyanates is 1. The first-order chi connectivity index (χ1) is 8.74. The molecule has 18 heavy (non-hydrogen) atoms. The first-order valence-corrected chi connectivity index (χ1v) is 5.30. The van der Waals surface area contributed by atoms with Gasteiger partial charge in [0.2, 0.25) is 12.0 Å². The highest BCUT2D eigenvalue weighted by Gasteiger charge is 2.07. The van der Waals surface area contributed by atoms with Crippen LogP contribution in [0.5, 0.6) is 5.88 Å². The molecule has 90 valence electrons. The second-order valence-electron chi connectivity index (χ2n) is 3.61. The number of ether oxygens (including phenoxy) is 1. The fraction of sp³-hybridized carbons (Fsp3) is 0.154. The van der Waals surface area contributed by atoms with Crippen molar-refractivity contribution in [3.05, 3.63) is 36.2 Å². The van der Waals surface area contributed by atoms with Crippen molar-refractivity contribution in [3.63, 3.8) is 0 Å². The van der Waals surface area contributed by atoms with E-state index in [2.05, 4.69) is 15.0 Å². The average molecular weight is 241 g/mol. The monoisotopic (exact) mass is 241 g/mol. The van der Waals surface area contributed by atoms with Crippen molar-refractivity contribution in [1.82, 2.24) is 9.97 Å². The third-order valence-corrected chi connectivity index (χ3v) is 2.42. The zero-order chi connectivity index (χ0) is 13.0. The van der Waals surface area contributed by atoms with E-state index >= 15 is 0 Å². The highest BCUT2D eigenvalue weighted by Crippen LogP contribution is 2.29. The molecule has 0 aromatic carbocycles. The molecule has 2 heterocycles. The maximum Gasteiger partial charge on any atom is 0.242 e. The minimum absolute atomic E-state index is 0.346. The lowest BCUT2D eigenvalue weighted by Crippen LogP contribution is -1.89. The van der Waals surface area contributed by atoms with E-state index in [0.29, 0.717) is 11.7 Å². The Hall–Kier alpha value is -2.52. The van der Waals surface area contributed by atoms with Crippen LogP contribution in [0.1, 0.15) is 5.69 Å². The van der Waals surface area contributed by atoms with Crippen molar-refractivity contribution in [2.45, 2.75) is 6.92 Å². The first-order valence-electron chi connectivity index (χ1n) is 5.30. The number of aromatic nitrogens is 2. The molecule has 0 atom stereocenters. The molecule has 0 bridgehead atoms. The molecule has 0 aliphatic carbocycles. The smallest absolute Gasteiger partial charge is 0.242 e. The van der Waals surface area contributed by atoms with Crippen LogP contribution in [0.4, 0.5) is 5.82 Å². The fourth-order valence-corrected chi connectivity index (χ4v) is 1.59. The van der Waals surface area contributed by atoms with Gasteiger partial charge in [0, 0.05) is 23.5 Å². The van der Waals surface area contributed by atoms with Crippen LogP contribution in [-0.4, -0.2) is 23.2 Å². The van der Waals surface area contributed by atoms with Gasteiger partial charge < -0.3 is 4.74 Å². The average Bonchev–Trinajstić information content (AvgIpc) is 2.39. The Kier molecular flexibility index (Phi) is 3.46. The Bertz CT molecular complexity index is 619. The second-order valence-corrected chi connectivity index (χ2v) is 3.61. The molecular weight excluding hydrogens is 230 g/mol. The molecule has 0 saturated heterocycles. The zero-order valence-corrected chi connectivity index (χ0v) is 10.0. The summed E-state index contributed by atoms with van der Waals surface area (Å²) in [7, 11) is 1.55. The van der Waals surface area contributed by atoms with Gasteiger partial charge in [-0.15, -0.1) is 4.99 Å². The van der Waals surface area contributed by atoms with E-state index in [-0.39, 0.29) is 0 Å². The summed E-state index contributed by atoms with van der Waals surface area (Å²) in [5, 5.41) is 0. The number of pyridine rings is 2. The van der Waals surface area contributed by atoms with Gasteiger partial charge in [0.15, 0.2) is 5.82 Å². The van der Waals surface area contributed by atoms with E-state index in [4.69, 9.17) is 4.74 Å². The predicted molar refractivity (Wildman–Crippen MR) is 66.5 cm³/mol.